The maximum Gasteiger partial charge on any atom is 0.266 e. The molecule has 0 aliphatic carbocycles. The third-order valence-corrected chi connectivity index (χ3v) is 6.68. The van der Waals surface area contributed by atoms with Crippen molar-refractivity contribution in [3.63, 3.8) is 0 Å². The molecule has 0 radical (unpaired) electrons. The number of hydrogen-bond acceptors (Lipinski definition) is 5. The number of halogens is 1. The van der Waals surface area contributed by atoms with E-state index in [0.717, 1.165) is 40.7 Å². The van der Waals surface area contributed by atoms with Crippen LogP contribution in [0.4, 0.5) is 5.69 Å². The fourth-order valence-corrected chi connectivity index (χ4v) is 4.73. The van der Waals surface area contributed by atoms with Crippen molar-refractivity contribution in [3.8, 4) is 5.75 Å². The first-order chi connectivity index (χ1) is 15.5. The van der Waals surface area contributed by atoms with Gasteiger partial charge in [0.05, 0.1) is 11.5 Å². The van der Waals surface area contributed by atoms with E-state index < -0.39 is 0 Å². The molecule has 0 saturated carbocycles. The zero-order valence-corrected chi connectivity index (χ0v) is 21.0. The van der Waals surface area contributed by atoms with Gasteiger partial charge in [0.1, 0.15) is 10.1 Å². The van der Waals surface area contributed by atoms with Crippen LogP contribution in [0.5, 0.6) is 5.75 Å². The Morgan fingerprint density at radius 2 is 1.84 bits per heavy atom. The highest BCUT2D eigenvalue weighted by Crippen LogP contribution is 2.33. The Hall–Kier alpha value is -2.16. The summed E-state index contributed by atoms with van der Waals surface area (Å²) in [5, 5.41) is 2.90. The van der Waals surface area contributed by atoms with E-state index in [-0.39, 0.29) is 11.8 Å². The van der Waals surface area contributed by atoms with Crippen molar-refractivity contribution in [2.75, 3.05) is 18.5 Å². The number of benzene rings is 2. The number of unbranched alkanes of at least 4 members (excludes halogenated alkanes) is 2. The molecule has 0 bridgehead atoms. The molecule has 1 saturated heterocycles. The quantitative estimate of drug-likeness (QED) is 0.222. The van der Waals surface area contributed by atoms with Gasteiger partial charge in [-0.25, -0.2) is 0 Å². The van der Waals surface area contributed by atoms with Gasteiger partial charge in [0.15, 0.2) is 0 Å². The summed E-state index contributed by atoms with van der Waals surface area (Å²) in [6.45, 7) is 3.12. The summed E-state index contributed by atoms with van der Waals surface area (Å²) in [6, 6.07) is 15.1. The topological polar surface area (TPSA) is 58.6 Å². The first-order valence-corrected chi connectivity index (χ1v) is 12.5. The van der Waals surface area contributed by atoms with Crippen LogP contribution in [0.1, 0.15) is 38.2 Å². The number of carbonyl (C=O) groups excluding carboxylic acids is 2. The molecule has 2 aromatic rings. The second kappa shape index (κ2) is 12.2. The Morgan fingerprint density at radius 3 is 2.53 bits per heavy atom. The van der Waals surface area contributed by atoms with Crippen molar-refractivity contribution >= 4 is 67.8 Å². The van der Waals surface area contributed by atoms with Crippen molar-refractivity contribution in [2.24, 2.45) is 0 Å². The fraction of sp³-hybridized carbons (Fsp3) is 0.292. The lowest BCUT2D eigenvalue weighted by atomic mass is 10.1. The van der Waals surface area contributed by atoms with Gasteiger partial charge in [-0.3, -0.25) is 14.5 Å². The molecule has 8 heteroatoms. The summed E-state index contributed by atoms with van der Waals surface area (Å²) in [5.74, 6) is 0.723. The highest BCUT2D eigenvalue weighted by Gasteiger charge is 2.31. The molecule has 0 atom stereocenters. The SMILES string of the molecule is CCOc1ccc(NC(=O)CCCCCN2C(=O)/C(=C/c3ccc(Br)cc3)SC2=S)cc1. The zero-order valence-electron chi connectivity index (χ0n) is 17.8. The van der Waals surface area contributed by atoms with Gasteiger partial charge in [0.25, 0.3) is 5.91 Å². The standard InChI is InChI=1S/C24H25BrN2O3S2/c1-2-30-20-13-11-19(12-14-20)26-22(28)6-4-3-5-15-27-23(29)21(32-24(27)31)16-17-7-9-18(25)10-8-17/h7-14,16H,2-6,15H2,1H3,(H,26,28)/b21-16-. The van der Waals surface area contributed by atoms with Gasteiger partial charge in [0, 0.05) is 23.1 Å². The Kier molecular flexibility index (Phi) is 9.32. The predicted octanol–water partition coefficient (Wildman–Crippen LogP) is 6.25. The first-order valence-electron chi connectivity index (χ1n) is 10.5. The molecule has 0 aromatic heterocycles. The highest BCUT2D eigenvalue weighted by molar-refractivity contribution is 9.10. The van der Waals surface area contributed by atoms with E-state index in [4.69, 9.17) is 17.0 Å². The predicted molar refractivity (Wildman–Crippen MR) is 139 cm³/mol. The number of nitrogens with zero attached hydrogens (tertiary/aromatic N) is 1. The van der Waals surface area contributed by atoms with Crippen LogP contribution in [0.2, 0.25) is 0 Å². The number of nitrogens with one attached hydrogen (secondary N) is 1. The van der Waals surface area contributed by atoms with E-state index in [1.807, 2.05) is 61.5 Å². The average molecular weight is 534 g/mol. The normalized spacial score (nSPS) is 14.8. The number of amides is 2. The van der Waals surface area contributed by atoms with Crippen LogP contribution in [0.15, 0.2) is 57.9 Å². The van der Waals surface area contributed by atoms with Gasteiger partial charge in [-0.15, -0.1) is 0 Å². The van der Waals surface area contributed by atoms with Crippen molar-refractivity contribution in [2.45, 2.75) is 32.6 Å². The molecule has 3 rings (SSSR count). The molecule has 1 aliphatic rings. The fourth-order valence-electron chi connectivity index (χ4n) is 3.16. The number of ether oxygens (including phenoxy) is 1. The van der Waals surface area contributed by atoms with Gasteiger partial charge < -0.3 is 10.1 Å². The van der Waals surface area contributed by atoms with Crippen molar-refractivity contribution < 1.29 is 14.3 Å². The van der Waals surface area contributed by atoms with E-state index >= 15 is 0 Å². The van der Waals surface area contributed by atoms with Gasteiger partial charge in [-0.2, -0.15) is 0 Å². The van der Waals surface area contributed by atoms with Crippen LogP contribution in [-0.2, 0) is 9.59 Å². The summed E-state index contributed by atoms with van der Waals surface area (Å²) in [4.78, 5) is 27.1. The molecule has 1 fully saturated rings. The maximum atomic E-state index is 12.7. The van der Waals surface area contributed by atoms with Crippen LogP contribution in [0.3, 0.4) is 0 Å². The van der Waals surface area contributed by atoms with E-state index in [1.165, 1.54) is 11.8 Å². The van der Waals surface area contributed by atoms with Gasteiger partial charge in [-0.05, 0) is 67.8 Å². The summed E-state index contributed by atoms with van der Waals surface area (Å²) < 4.78 is 6.98. The minimum absolute atomic E-state index is 0.0165. The largest absolute Gasteiger partial charge is 0.494 e. The first kappa shape index (κ1) is 24.5. The van der Waals surface area contributed by atoms with E-state index in [1.54, 1.807) is 4.90 Å². The van der Waals surface area contributed by atoms with Crippen LogP contribution in [0, 0.1) is 0 Å². The number of hydrogen-bond donors (Lipinski definition) is 1. The molecule has 0 unspecified atom stereocenters. The molecule has 1 heterocycles. The third-order valence-electron chi connectivity index (χ3n) is 4.78. The molecule has 1 aliphatic heterocycles. The third kappa shape index (κ3) is 7.18. The van der Waals surface area contributed by atoms with Crippen molar-refractivity contribution in [3.05, 3.63) is 63.5 Å². The van der Waals surface area contributed by atoms with Crippen LogP contribution < -0.4 is 10.1 Å². The van der Waals surface area contributed by atoms with Crippen molar-refractivity contribution in [1.29, 1.82) is 0 Å². The second-order valence-corrected chi connectivity index (χ2v) is 9.79. The summed E-state index contributed by atoms with van der Waals surface area (Å²) in [5.41, 5.74) is 1.72. The van der Waals surface area contributed by atoms with Gasteiger partial charge >= 0.3 is 0 Å². The number of rotatable bonds is 10. The van der Waals surface area contributed by atoms with Gasteiger partial charge in [-0.1, -0.05) is 58.5 Å². The van der Waals surface area contributed by atoms with Crippen LogP contribution >= 0.6 is 39.9 Å². The molecule has 5 nitrogen and oxygen atoms in total. The lowest BCUT2D eigenvalue weighted by Gasteiger charge is -2.14. The lowest BCUT2D eigenvalue weighted by molar-refractivity contribution is -0.122. The maximum absolute atomic E-state index is 12.7. The number of anilines is 1. The molecule has 32 heavy (non-hydrogen) atoms. The smallest absolute Gasteiger partial charge is 0.266 e. The zero-order chi connectivity index (χ0) is 22.9. The monoisotopic (exact) mass is 532 g/mol. The van der Waals surface area contributed by atoms with E-state index in [2.05, 4.69) is 21.2 Å². The summed E-state index contributed by atoms with van der Waals surface area (Å²) in [7, 11) is 0. The lowest BCUT2D eigenvalue weighted by Crippen LogP contribution is -2.29. The minimum Gasteiger partial charge on any atom is -0.494 e. The summed E-state index contributed by atoms with van der Waals surface area (Å²) >= 11 is 10.1. The molecule has 168 valence electrons. The number of carbonyl (C=O) groups is 2. The summed E-state index contributed by atoms with van der Waals surface area (Å²) in [6.07, 6.45) is 4.71. The second-order valence-electron chi connectivity index (χ2n) is 7.20. The van der Waals surface area contributed by atoms with Gasteiger partial charge in [0.2, 0.25) is 5.91 Å². The molecular weight excluding hydrogens is 508 g/mol. The molecular formula is C24H25BrN2O3S2. The van der Waals surface area contributed by atoms with Crippen molar-refractivity contribution in [1.82, 2.24) is 4.90 Å². The van der Waals surface area contributed by atoms with Crippen LogP contribution in [-0.4, -0.2) is 34.2 Å². The minimum atomic E-state index is -0.0452. The average Bonchev–Trinajstić information content (AvgIpc) is 3.04. The Bertz CT molecular complexity index is 991. The Morgan fingerprint density at radius 1 is 1.12 bits per heavy atom. The highest BCUT2D eigenvalue weighted by atomic mass is 79.9. The van der Waals surface area contributed by atoms with E-state index in [0.29, 0.717) is 28.8 Å². The number of thioether (sulfide) groups is 1. The molecule has 2 amide bonds. The Labute approximate surface area is 206 Å². The molecule has 2 aromatic carbocycles. The van der Waals surface area contributed by atoms with E-state index in [9.17, 15) is 9.59 Å². The Balaban J connectivity index is 1.38. The molecule has 1 N–H and O–H groups in total. The van der Waals surface area contributed by atoms with Crippen LogP contribution in [0.25, 0.3) is 6.08 Å². The molecule has 0 spiro atoms. The number of thiocarbonyl (C=S) groups is 1.